The molecule has 0 saturated heterocycles. The Morgan fingerprint density at radius 3 is 1.81 bits per heavy atom. The van der Waals surface area contributed by atoms with E-state index >= 15 is 0 Å². The van der Waals surface area contributed by atoms with Crippen molar-refractivity contribution in [3.63, 3.8) is 0 Å². The summed E-state index contributed by atoms with van der Waals surface area (Å²) in [6.45, 7) is 2.04. The Labute approximate surface area is 197 Å². The lowest BCUT2D eigenvalue weighted by Gasteiger charge is -2.29. The summed E-state index contributed by atoms with van der Waals surface area (Å²) in [5, 5.41) is 9.81. The number of unbranched alkanes of at least 4 members (excludes halogenated alkanes) is 12. The van der Waals surface area contributed by atoms with Gasteiger partial charge in [-0.05, 0) is 6.42 Å². The van der Waals surface area contributed by atoms with Crippen LogP contribution in [0.1, 0.15) is 96.8 Å². The number of ether oxygens (including phenoxy) is 1. The highest BCUT2D eigenvalue weighted by atomic mass is 31.2. The van der Waals surface area contributed by atoms with E-state index in [4.69, 9.17) is 9.26 Å². The molecule has 7 nitrogen and oxygen atoms in total. The summed E-state index contributed by atoms with van der Waals surface area (Å²) in [6, 6.07) is 0. The van der Waals surface area contributed by atoms with Gasteiger partial charge in [-0.25, -0.2) is 0 Å². The summed E-state index contributed by atoms with van der Waals surface area (Å²) in [7, 11) is 1.68. The first-order valence-electron chi connectivity index (χ1n) is 12.6. The molecule has 0 aliphatic heterocycles. The molecule has 0 fully saturated rings. The first-order chi connectivity index (χ1) is 15.1. The van der Waals surface area contributed by atoms with Gasteiger partial charge in [-0.15, -0.1) is 0 Å². The maximum Gasteiger partial charge on any atom is 0.305 e. The van der Waals surface area contributed by atoms with E-state index in [2.05, 4.69) is 6.92 Å². The van der Waals surface area contributed by atoms with Gasteiger partial charge in [-0.3, -0.25) is 4.79 Å². The fourth-order valence-corrected chi connectivity index (χ4v) is 4.66. The molecule has 0 aliphatic rings. The molecule has 0 amide bonds. The number of carbonyl (C=O) groups is 1. The van der Waals surface area contributed by atoms with Crippen molar-refractivity contribution >= 4 is 13.6 Å². The summed E-state index contributed by atoms with van der Waals surface area (Å²) in [5.41, 5.74) is 0. The summed E-state index contributed by atoms with van der Waals surface area (Å²) < 4.78 is 22.2. The molecule has 32 heavy (non-hydrogen) atoms. The van der Waals surface area contributed by atoms with Crippen molar-refractivity contribution in [3.8, 4) is 0 Å². The monoisotopic (exact) mass is 479 g/mol. The average molecular weight is 480 g/mol. The zero-order valence-corrected chi connectivity index (χ0v) is 22.1. The Kier molecular flexibility index (Phi) is 18.6. The summed E-state index contributed by atoms with van der Waals surface area (Å²) >= 11 is 0. The molecule has 0 saturated carbocycles. The van der Waals surface area contributed by atoms with Gasteiger partial charge in [0.25, 0.3) is 0 Å². The minimum Gasteiger partial charge on any atom is -0.778 e. The molecule has 0 radical (unpaired) electrons. The van der Waals surface area contributed by atoms with Gasteiger partial charge in [0, 0.05) is 6.42 Å². The first-order valence-corrected chi connectivity index (χ1v) is 14.4. The van der Waals surface area contributed by atoms with Gasteiger partial charge in [0.15, 0.2) is 0 Å². The van der Waals surface area contributed by atoms with Crippen LogP contribution in [0.5, 0.6) is 0 Å². The van der Waals surface area contributed by atoms with Crippen LogP contribution >= 0.6 is 7.60 Å². The average Bonchev–Trinajstić information content (AvgIpc) is 2.72. The van der Waals surface area contributed by atoms with E-state index in [1.807, 2.05) is 21.1 Å². The molecular formula is C24H50NO6P. The van der Waals surface area contributed by atoms with Gasteiger partial charge in [0.1, 0.15) is 20.3 Å². The molecule has 0 aromatic rings. The van der Waals surface area contributed by atoms with Crippen LogP contribution in [0.2, 0.25) is 0 Å². The standard InChI is InChI=1S/C24H50NO6P/c1-5-6-7-8-9-10-11-12-13-14-15-16-17-18-24(27)30-21-23(26)22-31-32(28,29)20-19-25(2,3)4/h23,26H,5-22H2,1-4H3. The fourth-order valence-electron chi connectivity index (χ4n) is 3.28. The highest BCUT2D eigenvalue weighted by molar-refractivity contribution is 7.51. The second-order valence-corrected chi connectivity index (χ2v) is 11.9. The van der Waals surface area contributed by atoms with Crippen LogP contribution < -0.4 is 4.89 Å². The van der Waals surface area contributed by atoms with Crippen molar-refractivity contribution in [2.75, 3.05) is 47.1 Å². The molecule has 0 bridgehead atoms. The summed E-state index contributed by atoms with van der Waals surface area (Å²) in [4.78, 5) is 23.6. The van der Waals surface area contributed by atoms with Crippen LogP contribution in [0.3, 0.4) is 0 Å². The largest absolute Gasteiger partial charge is 0.778 e. The molecule has 8 heteroatoms. The number of hydrogen-bond acceptors (Lipinski definition) is 6. The van der Waals surface area contributed by atoms with E-state index in [-0.39, 0.29) is 25.3 Å². The van der Waals surface area contributed by atoms with Gasteiger partial charge < -0.3 is 28.3 Å². The van der Waals surface area contributed by atoms with E-state index in [0.717, 1.165) is 19.3 Å². The van der Waals surface area contributed by atoms with E-state index in [0.29, 0.717) is 17.4 Å². The SMILES string of the molecule is CCCCCCCCCCCCCCCC(=O)OCC(O)COP(=O)([O-])CC[N+](C)(C)C. The van der Waals surface area contributed by atoms with Crippen molar-refractivity contribution in [1.82, 2.24) is 0 Å². The predicted molar refractivity (Wildman–Crippen MR) is 129 cm³/mol. The van der Waals surface area contributed by atoms with Gasteiger partial charge in [-0.2, -0.15) is 0 Å². The van der Waals surface area contributed by atoms with Crippen molar-refractivity contribution in [1.29, 1.82) is 0 Å². The van der Waals surface area contributed by atoms with Crippen molar-refractivity contribution in [2.45, 2.75) is 103 Å². The van der Waals surface area contributed by atoms with Gasteiger partial charge in [-0.1, -0.05) is 84.0 Å². The van der Waals surface area contributed by atoms with Crippen LogP contribution in [-0.2, 0) is 18.6 Å². The number of carbonyl (C=O) groups excluding carboxylic acids is 1. The second-order valence-electron chi connectivity index (χ2n) is 9.97. The summed E-state index contributed by atoms with van der Waals surface area (Å²) in [5.74, 6) is -0.359. The number of rotatable bonds is 22. The van der Waals surface area contributed by atoms with E-state index in [1.165, 1.54) is 64.2 Å². The van der Waals surface area contributed by atoms with E-state index in [9.17, 15) is 19.4 Å². The Morgan fingerprint density at radius 1 is 0.875 bits per heavy atom. The fraction of sp³-hybridized carbons (Fsp3) is 0.958. The van der Waals surface area contributed by atoms with Crippen molar-refractivity contribution in [3.05, 3.63) is 0 Å². The van der Waals surface area contributed by atoms with Crippen LogP contribution in [0.25, 0.3) is 0 Å². The van der Waals surface area contributed by atoms with Crippen LogP contribution in [0.15, 0.2) is 0 Å². The number of aliphatic hydroxyl groups excluding tert-OH is 1. The zero-order chi connectivity index (χ0) is 24.3. The highest BCUT2D eigenvalue weighted by Gasteiger charge is 2.17. The number of quaternary nitrogens is 1. The topological polar surface area (TPSA) is 95.9 Å². The molecule has 192 valence electrons. The molecule has 0 rings (SSSR count). The highest BCUT2D eigenvalue weighted by Crippen LogP contribution is 2.36. The lowest BCUT2D eigenvalue weighted by molar-refractivity contribution is -0.868. The Balaban J connectivity index is 3.56. The molecule has 2 unspecified atom stereocenters. The molecule has 0 aliphatic carbocycles. The molecule has 0 aromatic heterocycles. The lowest BCUT2D eigenvalue weighted by atomic mass is 10.0. The number of aliphatic hydroxyl groups is 1. The van der Waals surface area contributed by atoms with Crippen molar-refractivity contribution < 1.29 is 33.1 Å². The Morgan fingerprint density at radius 2 is 1.34 bits per heavy atom. The Bertz CT molecular complexity index is 509. The lowest BCUT2D eigenvalue weighted by Crippen LogP contribution is -2.38. The smallest absolute Gasteiger partial charge is 0.305 e. The third-order valence-corrected chi connectivity index (χ3v) is 6.72. The minimum absolute atomic E-state index is 0.0952. The quantitative estimate of drug-likeness (QED) is 0.105. The molecular weight excluding hydrogens is 429 g/mol. The Hall–Kier alpha value is -0.460. The molecule has 2 atom stereocenters. The number of hydrogen-bond donors (Lipinski definition) is 1. The number of nitrogens with zero attached hydrogens (tertiary/aromatic N) is 1. The molecule has 0 aromatic carbocycles. The van der Waals surface area contributed by atoms with Gasteiger partial charge in [0.05, 0.1) is 40.5 Å². The third kappa shape index (κ3) is 22.7. The van der Waals surface area contributed by atoms with Crippen LogP contribution in [0.4, 0.5) is 0 Å². The third-order valence-electron chi connectivity index (χ3n) is 5.43. The van der Waals surface area contributed by atoms with Crippen LogP contribution in [-0.4, -0.2) is 68.7 Å². The normalized spacial score (nSPS) is 14.8. The molecule has 0 spiro atoms. The second kappa shape index (κ2) is 18.9. The molecule has 1 N–H and O–H groups in total. The van der Waals surface area contributed by atoms with E-state index < -0.39 is 13.7 Å². The van der Waals surface area contributed by atoms with Crippen LogP contribution in [0, 0.1) is 0 Å². The predicted octanol–water partition coefficient (Wildman–Crippen LogP) is 4.65. The van der Waals surface area contributed by atoms with Gasteiger partial charge in [0.2, 0.25) is 0 Å². The minimum atomic E-state index is -4.00. The first kappa shape index (κ1) is 31.5. The maximum atomic E-state index is 11.8. The van der Waals surface area contributed by atoms with Gasteiger partial charge >= 0.3 is 5.97 Å². The summed E-state index contributed by atoms with van der Waals surface area (Å²) in [6.07, 6.45) is 15.3. The van der Waals surface area contributed by atoms with Crippen molar-refractivity contribution in [2.24, 2.45) is 0 Å². The molecule has 0 heterocycles. The van der Waals surface area contributed by atoms with E-state index in [1.54, 1.807) is 0 Å². The zero-order valence-electron chi connectivity index (χ0n) is 21.2. The maximum absolute atomic E-state index is 11.8. The number of esters is 1.